The van der Waals surface area contributed by atoms with Crippen molar-refractivity contribution in [3.63, 3.8) is 0 Å². The van der Waals surface area contributed by atoms with Crippen molar-refractivity contribution in [2.75, 3.05) is 6.54 Å². The average molecular weight is 328 g/mol. The number of benzene rings is 1. The maximum Gasteiger partial charge on any atom is 0.322 e. The summed E-state index contributed by atoms with van der Waals surface area (Å²) in [4.78, 5) is 15.4. The molecule has 3 N–H and O–H groups in total. The first kappa shape index (κ1) is 17.8. The van der Waals surface area contributed by atoms with E-state index in [1.807, 2.05) is 0 Å². The molecule has 24 heavy (non-hydrogen) atoms. The molecule has 6 nitrogen and oxygen atoms in total. The van der Waals surface area contributed by atoms with Crippen molar-refractivity contribution in [1.29, 1.82) is 5.26 Å². The van der Waals surface area contributed by atoms with Crippen molar-refractivity contribution in [1.82, 2.24) is 10.6 Å². The molecule has 0 aromatic heterocycles. The summed E-state index contributed by atoms with van der Waals surface area (Å²) in [5, 5.41) is 24.0. The summed E-state index contributed by atoms with van der Waals surface area (Å²) in [6.45, 7) is 8.54. The van der Waals surface area contributed by atoms with E-state index in [4.69, 9.17) is 10.4 Å². The van der Waals surface area contributed by atoms with Crippen LogP contribution in [0.4, 0.5) is 5.69 Å². The Morgan fingerprint density at radius 2 is 1.88 bits per heavy atom. The summed E-state index contributed by atoms with van der Waals surface area (Å²) >= 11 is 0. The second kappa shape index (κ2) is 6.52. The number of guanidine groups is 1. The number of carboxylic acid groups (broad SMARTS) is 1. The van der Waals surface area contributed by atoms with Crippen LogP contribution in [0.15, 0.2) is 29.3 Å². The Bertz CT molecular complexity index is 670. The zero-order valence-corrected chi connectivity index (χ0v) is 14.6. The average Bonchev–Trinajstić information content (AvgIpc) is 2.49. The SMILES string of the molecule is CC1(C)CC(C)(C)C1NC(=Nc1ccc(C#N)cc1)NCC(=O)O. The van der Waals surface area contributed by atoms with Gasteiger partial charge in [0.2, 0.25) is 0 Å². The number of rotatable bonds is 4. The van der Waals surface area contributed by atoms with E-state index < -0.39 is 5.97 Å². The van der Waals surface area contributed by atoms with Gasteiger partial charge < -0.3 is 15.7 Å². The molecule has 1 aromatic rings. The summed E-state index contributed by atoms with van der Waals surface area (Å²) in [5.41, 5.74) is 1.44. The number of aliphatic imine (C=N–C) groups is 1. The first-order valence-corrected chi connectivity index (χ1v) is 7.95. The number of hydrogen-bond donors (Lipinski definition) is 3. The monoisotopic (exact) mass is 328 g/mol. The summed E-state index contributed by atoms with van der Waals surface area (Å²) in [5.74, 6) is -0.510. The molecule has 0 heterocycles. The van der Waals surface area contributed by atoms with Gasteiger partial charge in [0.25, 0.3) is 0 Å². The van der Waals surface area contributed by atoms with E-state index >= 15 is 0 Å². The van der Waals surface area contributed by atoms with Gasteiger partial charge in [-0.15, -0.1) is 0 Å². The normalized spacial score (nSPS) is 19.0. The molecule has 0 aliphatic heterocycles. The predicted molar refractivity (Wildman–Crippen MR) is 93.0 cm³/mol. The van der Waals surface area contributed by atoms with Crippen LogP contribution in [0.25, 0.3) is 0 Å². The Kier molecular flexibility index (Phi) is 4.83. The van der Waals surface area contributed by atoms with Crippen LogP contribution in [-0.2, 0) is 4.79 Å². The van der Waals surface area contributed by atoms with E-state index in [0.29, 0.717) is 17.2 Å². The lowest BCUT2D eigenvalue weighted by molar-refractivity contribution is -0.135. The number of carboxylic acids is 1. The van der Waals surface area contributed by atoms with Crippen molar-refractivity contribution in [2.24, 2.45) is 15.8 Å². The van der Waals surface area contributed by atoms with Gasteiger partial charge in [0.1, 0.15) is 6.54 Å². The van der Waals surface area contributed by atoms with Crippen LogP contribution in [0, 0.1) is 22.2 Å². The molecule has 0 bridgehead atoms. The summed E-state index contributed by atoms with van der Waals surface area (Å²) in [6, 6.07) is 9.09. The Morgan fingerprint density at radius 1 is 1.29 bits per heavy atom. The minimum absolute atomic E-state index is 0.111. The Hall–Kier alpha value is -2.55. The van der Waals surface area contributed by atoms with Crippen molar-refractivity contribution in [2.45, 2.75) is 40.2 Å². The second-order valence-corrected chi connectivity index (χ2v) is 7.60. The summed E-state index contributed by atoms with van der Waals surface area (Å²) < 4.78 is 0. The van der Waals surface area contributed by atoms with Gasteiger partial charge >= 0.3 is 5.97 Å². The maximum atomic E-state index is 10.9. The molecule has 2 rings (SSSR count). The minimum Gasteiger partial charge on any atom is -0.480 e. The highest BCUT2D eigenvalue weighted by Gasteiger charge is 2.53. The number of nitrogens with zero attached hydrogens (tertiary/aromatic N) is 2. The van der Waals surface area contributed by atoms with E-state index in [1.54, 1.807) is 24.3 Å². The summed E-state index contributed by atoms with van der Waals surface area (Å²) in [6.07, 6.45) is 1.08. The number of carbonyl (C=O) groups is 1. The summed E-state index contributed by atoms with van der Waals surface area (Å²) in [7, 11) is 0. The van der Waals surface area contributed by atoms with E-state index in [0.717, 1.165) is 6.42 Å². The van der Waals surface area contributed by atoms with E-state index in [2.05, 4.69) is 49.4 Å². The van der Waals surface area contributed by atoms with Gasteiger partial charge in [-0.25, -0.2) is 4.99 Å². The van der Waals surface area contributed by atoms with E-state index in [-0.39, 0.29) is 23.4 Å². The third kappa shape index (κ3) is 4.05. The molecule has 1 fully saturated rings. The molecule has 0 atom stereocenters. The van der Waals surface area contributed by atoms with Crippen molar-refractivity contribution in [3.8, 4) is 6.07 Å². The molecular weight excluding hydrogens is 304 g/mol. The molecule has 1 aliphatic carbocycles. The molecular formula is C18H24N4O2. The van der Waals surface area contributed by atoms with Crippen LogP contribution in [0.2, 0.25) is 0 Å². The van der Waals surface area contributed by atoms with E-state index in [9.17, 15) is 4.79 Å². The first-order valence-electron chi connectivity index (χ1n) is 7.95. The third-order valence-corrected chi connectivity index (χ3v) is 4.40. The van der Waals surface area contributed by atoms with Crippen LogP contribution in [0.3, 0.4) is 0 Å². The molecule has 1 saturated carbocycles. The largest absolute Gasteiger partial charge is 0.480 e. The maximum absolute atomic E-state index is 10.9. The minimum atomic E-state index is -0.948. The molecule has 0 saturated heterocycles. The second-order valence-electron chi connectivity index (χ2n) is 7.60. The lowest BCUT2D eigenvalue weighted by Gasteiger charge is -2.58. The number of nitriles is 1. The third-order valence-electron chi connectivity index (χ3n) is 4.40. The molecule has 1 aromatic carbocycles. The van der Waals surface area contributed by atoms with Crippen molar-refractivity contribution in [3.05, 3.63) is 29.8 Å². The lowest BCUT2D eigenvalue weighted by Crippen LogP contribution is -2.65. The Labute approximate surface area is 142 Å². The van der Waals surface area contributed by atoms with Crippen molar-refractivity contribution >= 4 is 17.6 Å². The smallest absolute Gasteiger partial charge is 0.322 e. The van der Waals surface area contributed by atoms with Crippen LogP contribution < -0.4 is 10.6 Å². The van der Waals surface area contributed by atoms with Crippen LogP contribution in [-0.4, -0.2) is 29.6 Å². The molecule has 6 heteroatoms. The van der Waals surface area contributed by atoms with Crippen molar-refractivity contribution < 1.29 is 9.90 Å². The molecule has 1 aliphatic rings. The quantitative estimate of drug-likeness (QED) is 0.583. The predicted octanol–water partition coefficient (Wildman–Crippen LogP) is 2.63. The van der Waals surface area contributed by atoms with Gasteiger partial charge in [0.05, 0.1) is 17.3 Å². The molecule has 0 radical (unpaired) electrons. The zero-order valence-electron chi connectivity index (χ0n) is 14.6. The van der Waals surface area contributed by atoms with Gasteiger partial charge in [-0.1, -0.05) is 27.7 Å². The van der Waals surface area contributed by atoms with Crippen LogP contribution >= 0.6 is 0 Å². The Morgan fingerprint density at radius 3 is 2.33 bits per heavy atom. The van der Waals surface area contributed by atoms with Gasteiger partial charge in [-0.05, 0) is 41.5 Å². The van der Waals surface area contributed by atoms with Gasteiger partial charge in [-0.3, -0.25) is 4.79 Å². The standard InChI is InChI=1S/C18H24N4O2/c1-17(2)11-18(3,4)15(17)22-16(20-10-14(23)24)21-13-7-5-12(9-19)6-8-13/h5-8,15H,10-11H2,1-4H3,(H,23,24)(H2,20,21,22). The zero-order chi connectivity index (χ0) is 18.0. The van der Waals surface area contributed by atoms with Gasteiger partial charge in [0, 0.05) is 6.04 Å². The fourth-order valence-electron chi connectivity index (χ4n) is 3.85. The molecule has 128 valence electrons. The fraction of sp³-hybridized carbons (Fsp3) is 0.500. The number of aliphatic carboxylic acids is 1. The van der Waals surface area contributed by atoms with Gasteiger partial charge in [-0.2, -0.15) is 5.26 Å². The lowest BCUT2D eigenvalue weighted by atomic mass is 9.52. The van der Waals surface area contributed by atoms with Gasteiger partial charge in [0.15, 0.2) is 5.96 Å². The fourth-order valence-corrected chi connectivity index (χ4v) is 3.85. The molecule has 0 spiro atoms. The van der Waals surface area contributed by atoms with Crippen LogP contribution in [0.1, 0.15) is 39.7 Å². The highest BCUT2D eigenvalue weighted by molar-refractivity contribution is 5.86. The first-order chi connectivity index (χ1) is 11.1. The Balaban J connectivity index is 2.22. The molecule has 0 unspecified atom stereocenters. The highest BCUT2D eigenvalue weighted by Crippen LogP contribution is 2.53. The number of nitrogens with one attached hydrogen (secondary N) is 2. The molecule has 0 amide bonds. The number of hydrogen-bond acceptors (Lipinski definition) is 3. The highest BCUT2D eigenvalue weighted by atomic mass is 16.4. The van der Waals surface area contributed by atoms with E-state index in [1.165, 1.54) is 0 Å². The van der Waals surface area contributed by atoms with Crippen LogP contribution in [0.5, 0.6) is 0 Å². The topological polar surface area (TPSA) is 97.5 Å².